The summed E-state index contributed by atoms with van der Waals surface area (Å²) in [6.45, 7) is 1.98. The van der Waals surface area contributed by atoms with Crippen LogP contribution in [-0.2, 0) is 6.42 Å². The molecule has 0 saturated heterocycles. The molecule has 0 aliphatic carbocycles. The van der Waals surface area contributed by atoms with E-state index in [4.69, 9.17) is 15.2 Å². The maximum absolute atomic E-state index is 5.78. The van der Waals surface area contributed by atoms with Gasteiger partial charge in [0.25, 0.3) is 0 Å². The third-order valence-electron chi connectivity index (χ3n) is 2.71. The molecule has 0 saturated carbocycles. The largest absolute Gasteiger partial charge is 0.493 e. The topological polar surface area (TPSA) is 57.4 Å². The molecule has 102 valence electrons. The van der Waals surface area contributed by atoms with Gasteiger partial charge in [0.1, 0.15) is 5.01 Å². The summed E-state index contributed by atoms with van der Waals surface area (Å²) in [4.78, 5) is 4.59. The predicted molar refractivity (Wildman–Crippen MR) is 78.0 cm³/mol. The average Bonchev–Trinajstić information content (AvgIpc) is 2.85. The zero-order valence-electron chi connectivity index (χ0n) is 11.3. The van der Waals surface area contributed by atoms with Crippen molar-refractivity contribution in [3.63, 3.8) is 0 Å². The Morgan fingerprint density at radius 3 is 2.63 bits per heavy atom. The molecule has 0 bridgehead atoms. The second-order valence-corrected chi connectivity index (χ2v) is 5.25. The first-order valence-electron chi connectivity index (χ1n) is 6.06. The summed E-state index contributed by atoms with van der Waals surface area (Å²) in [6, 6.07) is 5.93. The van der Waals surface area contributed by atoms with Gasteiger partial charge in [-0.15, -0.1) is 11.3 Å². The van der Waals surface area contributed by atoms with E-state index in [1.165, 1.54) is 0 Å². The van der Waals surface area contributed by atoms with Crippen molar-refractivity contribution in [2.45, 2.75) is 19.4 Å². The third-order valence-corrected chi connectivity index (χ3v) is 3.65. The van der Waals surface area contributed by atoms with E-state index in [2.05, 4.69) is 10.4 Å². The quantitative estimate of drug-likeness (QED) is 0.913. The molecule has 4 nitrogen and oxygen atoms in total. The summed E-state index contributed by atoms with van der Waals surface area (Å²) in [5, 5.41) is 3.02. The van der Waals surface area contributed by atoms with E-state index >= 15 is 0 Å². The Labute approximate surface area is 117 Å². The van der Waals surface area contributed by atoms with Gasteiger partial charge in [-0.05, 0) is 25.1 Å². The fourth-order valence-electron chi connectivity index (χ4n) is 1.83. The Morgan fingerprint density at radius 1 is 1.26 bits per heavy atom. The van der Waals surface area contributed by atoms with E-state index in [-0.39, 0.29) is 6.04 Å². The SMILES string of the molecule is COc1ccc(-c2nc(CC(C)N)cs2)cc1OC. The van der Waals surface area contributed by atoms with Crippen LogP contribution in [0.4, 0.5) is 0 Å². The highest BCUT2D eigenvalue weighted by atomic mass is 32.1. The van der Waals surface area contributed by atoms with Crippen LogP contribution in [0.3, 0.4) is 0 Å². The number of benzene rings is 1. The molecule has 19 heavy (non-hydrogen) atoms. The number of rotatable bonds is 5. The Bertz CT molecular complexity index is 552. The molecular formula is C14H18N2O2S. The molecule has 1 aromatic carbocycles. The van der Waals surface area contributed by atoms with Gasteiger partial charge in [0, 0.05) is 23.4 Å². The highest BCUT2D eigenvalue weighted by molar-refractivity contribution is 7.13. The Morgan fingerprint density at radius 2 is 2.00 bits per heavy atom. The molecule has 5 heteroatoms. The number of thiazole rings is 1. The molecule has 1 atom stereocenters. The zero-order chi connectivity index (χ0) is 13.8. The van der Waals surface area contributed by atoms with Crippen molar-refractivity contribution in [2.75, 3.05) is 14.2 Å². The van der Waals surface area contributed by atoms with Gasteiger partial charge in [-0.3, -0.25) is 0 Å². The van der Waals surface area contributed by atoms with Gasteiger partial charge in [-0.1, -0.05) is 0 Å². The smallest absolute Gasteiger partial charge is 0.161 e. The Kier molecular flexibility index (Phi) is 4.39. The molecule has 0 amide bonds. The van der Waals surface area contributed by atoms with Gasteiger partial charge in [0.2, 0.25) is 0 Å². The van der Waals surface area contributed by atoms with E-state index in [1.807, 2.05) is 25.1 Å². The minimum absolute atomic E-state index is 0.125. The molecule has 1 unspecified atom stereocenters. The molecule has 0 aliphatic rings. The first kappa shape index (κ1) is 13.8. The van der Waals surface area contributed by atoms with Crippen LogP contribution in [0, 0.1) is 0 Å². The van der Waals surface area contributed by atoms with Crippen LogP contribution < -0.4 is 15.2 Å². The lowest BCUT2D eigenvalue weighted by Crippen LogP contribution is -2.17. The van der Waals surface area contributed by atoms with Crippen LogP contribution in [0.5, 0.6) is 11.5 Å². The molecule has 0 radical (unpaired) electrons. The average molecular weight is 278 g/mol. The number of nitrogens with zero attached hydrogens (tertiary/aromatic N) is 1. The van der Waals surface area contributed by atoms with Crippen LogP contribution in [0.2, 0.25) is 0 Å². The molecule has 2 aromatic rings. The van der Waals surface area contributed by atoms with E-state index in [9.17, 15) is 0 Å². The van der Waals surface area contributed by atoms with Crippen LogP contribution in [-0.4, -0.2) is 25.2 Å². The number of methoxy groups -OCH3 is 2. The molecule has 2 N–H and O–H groups in total. The number of hydrogen-bond acceptors (Lipinski definition) is 5. The number of hydrogen-bond donors (Lipinski definition) is 1. The maximum Gasteiger partial charge on any atom is 0.161 e. The van der Waals surface area contributed by atoms with Gasteiger partial charge >= 0.3 is 0 Å². The molecule has 2 rings (SSSR count). The molecule has 0 fully saturated rings. The van der Waals surface area contributed by atoms with Crippen molar-refractivity contribution >= 4 is 11.3 Å². The summed E-state index contributed by atoms with van der Waals surface area (Å²) in [7, 11) is 3.26. The standard InChI is InChI=1S/C14H18N2O2S/c1-9(15)6-11-8-19-14(16-11)10-4-5-12(17-2)13(7-10)18-3/h4-5,7-9H,6,15H2,1-3H3. The minimum Gasteiger partial charge on any atom is -0.493 e. The molecule has 0 spiro atoms. The van der Waals surface area contributed by atoms with Crippen molar-refractivity contribution in [3.8, 4) is 22.1 Å². The minimum atomic E-state index is 0.125. The fourth-order valence-corrected chi connectivity index (χ4v) is 2.66. The van der Waals surface area contributed by atoms with Crippen molar-refractivity contribution in [2.24, 2.45) is 5.73 Å². The van der Waals surface area contributed by atoms with Crippen LogP contribution >= 0.6 is 11.3 Å². The van der Waals surface area contributed by atoms with E-state index in [0.717, 1.165) is 28.4 Å². The second-order valence-electron chi connectivity index (χ2n) is 4.40. The van der Waals surface area contributed by atoms with Crippen molar-refractivity contribution in [1.82, 2.24) is 4.98 Å². The first-order valence-corrected chi connectivity index (χ1v) is 6.94. The van der Waals surface area contributed by atoms with E-state index in [1.54, 1.807) is 25.6 Å². The molecule has 1 heterocycles. The summed E-state index contributed by atoms with van der Waals surface area (Å²) in [5.74, 6) is 1.43. The van der Waals surface area contributed by atoms with Gasteiger partial charge in [0.15, 0.2) is 11.5 Å². The molecule has 1 aromatic heterocycles. The zero-order valence-corrected chi connectivity index (χ0v) is 12.2. The van der Waals surface area contributed by atoms with Crippen molar-refractivity contribution in [1.29, 1.82) is 0 Å². The second kappa shape index (κ2) is 6.04. The van der Waals surface area contributed by atoms with E-state index < -0.39 is 0 Å². The van der Waals surface area contributed by atoms with Crippen LogP contribution in [0.25, 0.3) is 10.6 Å². The lowest BCUT2D eigenvalue weighted by Gasteiger charge is -2.08. The number of nitrogens with two attached hydrogens (primary N) is 1. The third kappa shape index (κ3) is 3.24. The van der Waals surface area contributed by atoms with Gasteiger partial charge in [0.05, 0.1) is 19.9 Å². The monoisotopic (exact) mass is 278 g/mol. The molecular weight excluding hydrogens is 260 g/mol. The van der Waals surface area contributed by atoms with Gasteiger partial charge in [-0.2, -0.15) is 0 Å². The Hall–Kier alpha value is -1.59. The highest BCUT2D eigenvalue weighted by Gasteiger charge is 2.10. The van der Waals surface area contributed by atoms with Crippen LogP contribution in [0.1, 0.15) is 12.6 Å². The summed E-state index contributed by atoms with van der Waals surface area (Å²) in [5.41, 5.74) is 7.84. The lowest BCUT2D eigenvalue weighted by atomic mass is 10.2. The van der Waals surface area contributed by atoms with Crippen molar-refractivity contribution in [3.05, 3.63) is 29.3 Å². The lowest BCUT2D eigenvalue weighted by molar-refractivity contribution is 0.355. The van der Waals surface area contributed by atoms with Crippen molar-refractivity contribution < 1.29 is 9.47 Å². The van der Waals surface area contributed by atoms with Gasteiger partial charge in [-0.25, -0.2) is 4.98 Å². The summed E-state index contributed by atoms with van der Waals surface area (Å²) in [6.07, 6.45) is 0.795. The number of ether oxygens (including phenoxy) is 2. The normalized spacial score (nSPS) is 12.2. The highest BCUT2D eigenvalue weighted by Crippen LogP contribution is 2.33. The molecule has 0 aliphatic heterocycles. The Balaban J connectivity index is 2.28. The number of aromatic nitrogens is 1. The predicted octanol–water partition coefficient (Wildman–Crippen LogP) is 2.72. The fraction of sp³-hybridized carbons (Fsp3) is 0.357. The first-order chi connectivity index (χ1) is 9.13. The van der Waals surface area contributed by atoms with Crippen LogP contribution in [0.15, 0.2) is 23.6 Å². The van der Waals surface area contributed by atoms with E-state index in [0.29, 0.717) is 5.75 Å². The summed E-state index contributed by atoms with van der Waals surface area (Å²) < 4.78 is 10.5. The summed E-state index contributed by atoms with van der Waals surface area (Å²) >= 11 is 1.61. The maximum atomic E-state index is 5.78. The van der Waals surface area contributed by atoms with Gasteiger partial charge < -0.3 is 15.2 Å².